The molecule has 0 saturated heterocycles. The van der Waals surface area contributed by atoms with E-state index in [0.29, 0.717) is 22.9 Å². The maximum Gasteiger partial charge on any atom is 0.264 e. The number of rotatable bonds is 8. The van der Waals surface area contributed by atoms with E-state index in [1.165, 1.54) is 18.5 Å². The molecule has 0 aliphatic carbocycles. The van der Waals surface area contributed by atoms with E-state index in [9.17, 15) is 8.42 Å². The average molecular weight is 428 g/mol. The molecule has 0 saturated carbocycles. The lowest BCUT2D eigenvalue weighted by molar-refractivity contribution is 0.355. The molecule has 6 nitrogen and oxygen atoms in total. The topological polar surface area (TPSA) is 65.1 Å². The van der Waals surface area contributed by atoms with Crippen molar-refractivity contribution in [2.45, 2.75) is 17.9 Å². The van der Waals surface area contributed by atoms with Gasteiger partial charge in [-0.25, -0.2) is 8.42 Å². The van der Waals surface area contributed by atoms with Crippen molar-refractivity contribution in [2.75, 3.05) is 25.6 Å². The largest absolute Gasteiger partial charge is 0.497 e. The van der Waals surface area contributed by atoms with Gasteiger partial charge in [0.15, 0.2) is 11.5 Å². The normalized spacial score (nSPS) is 12.1. The zero-order chi connectivity index (χ0) is 21.7. The number of sulfonamides is 1. The van der Waals surface area contributed by atoms with E-state index in [1.54, 1.807) is 55.6 Å². The third-order valence-electron chi connectivity index (χ3n) is 4.85. The summed E-state index contributed by atoms with van der Waals surface area (Å²) < 4.78 is 44.8. The SMILES string of the molecule is COc1cccc([C@H](C)N(c2ccc(OC)c(OC)c2)S(=O)(=O)c2ccccc2)c1. The van der Waals surface area contributed by atoms with Crippen molar-refractivity contribution in [1.29, 1.82) is 0 Å². The molecule has 30 heavy (non-hydrogen) atoms. The fourth-order valence-corrected chi connectivity index (χ4v) is 4.93. The van der Waals surface area contributed by atoms with E-state index in [2.05, 4.69) is 0 Å². The number of benzene rings is 3. The highest BCUT2D eigenvalue weighted by molar-refractivity contribution is 7.92. The first kappa shape index (κ1) is 21.5. The Bertz CT molecular complexity index is 1100. The highest BCUT2D eigenvalue weighted by Gasteiger charge is 2.31. The predicted molar refractivity (Wildman–Crippen MR) is 117 cm³/mol. The highest BCUT2D eigenvalue weighted by atomic mass is 32.2. The molecule has 3 aromatic carbocycles. The van der Waals surface area contributed by atoms with E-state index >= 15 is 0 Å². The first-order valence-electron chi connectivity index (χ1n) is 9.38. The molecule has 0 aliphatic heterocycles. The molecule has 0 unspecified atom stereocenters. The number of hydrogen-bond acceptors (Lipinski definition) is 5. The molecule has 3 rings (SSSR count). The van der Waals surface area contributed by atoms with Gasteiger partial charge in [0.2, 0.25) is 0 Å². The molecule has 0 bridgehead atoms. The Morgan fingerprint density at radius 2 is 1.47 bits per heavy atom. The fraction of sp³-hybridized carbons (Fsp3) is 0.217. The van der Waals surface area contributed by atoms with E-state index in [-0.39, 0.29) is 4.90 Å². The molecule has 158 valence electrons. The van der Waals surface area contributed by atoms with Gasteiger partial charge >= 0.3 is 0 Å². The highest BCUT2D eigenvalue weighted by Crippen LogP contribution is 2.38. The van der Waals surface area contributed by atoms with E-state index < -0.39 is 16.1 Å². The van der Waals surface area contributed by atoms with Crippen molar-refractivity contribution < 1.29 is 22.6 Å². The lowest BCUT2D eigenvalue weighted by Gasteiger charge is -2.31. The van der Waals surface area contributed by atoms with Gasteiger partial charge in [-0.2, -0.15) is 0 Å². The second-order valence-electron chi connectivity index (χ2n) is 6.61. The Morgan fingerprint density at radius 3 is 2.10 bits per heavy atom. The minimum Gasteiger partial charge on any atom is -0.497 e. The Morgan fingerprint density at radius 1 is 0.767 bits per heavy atom. The van der Waals surface area contributed by atoms with Crippen molar-refractivity contribution >= 4 is 15.7 Å². The van der Waals surface area contributed by atoms with Gasteiger partial charge in [-0.3, -0.25) is 4.31 Å². The van der Waals surface area contributed by atoms with Gasteiger partial charge in [0.05, 0.1) is 38.0 Å². The summed E-state index contributed by atoms with van der Waals surface area (Å²) in [6.45, 7) is 1.84. The maximum atomic E-state index is 13.7. The molecule has 3 aromatic rings. The van der Waals surface area contributed by atoms with Crippen LogP contribution in [0.3, 0.4) is 0 Å². The quantitative estimate of drug-likeness (QED) is 0.523. The van der Waals surface area contributed by atoms with Crippen LogP contribution in [0.5, 0.6) is 17.2 Å². The molecule has 0 fully saturated rings. The van der Waals surface area contributed by atoms with Gasteiger partial charge in [-0.1, -0.05) is 30.3 Å². The molecule has 7 heteroatoms. The van der Waals surface area contributed by atoms with Crippen LogP contribution >= 0.6 is 0 Å². The van der Waals surface area contributed by atoms with Crippen LogP contribution in [0.15, 0.2) is 77.7 Å². The van der Waals surface area contributed by atoms with Gasteiger partial charge in [0.25, 0.3) is 10.0 Å². The molecule has 0 N–H and O–H groups in total. The fourth-order valence-electron chi connectivity index (χ4n) is 3.28. The Hall–Kier alpha value is -3.19. The van der Waals surface area contributed by atoms with Crippen molar-refractivity contribution in [3.63, 3.8) is 0 Å². The summed E-state index contributed by atoms with van der Waals surface area (Å²) in [5, 5.41) is 0. The van der Waals surface area contributed by atoms with Crippen LogP contribution in [0.4, 0.5) is 5.69 Å². The lowest BCUT2D eigenvalue weighted by Crippen LogP contribution is -2.33. The van der Waals surface area contributed by atoms with Gasteiger partial charge in [0, 0.05) is 6.07 Å². The summed E-state index contributed by atoms with van der Waals surface area (Å²) in [4.78, 5) is 0.203. The zero-order valence-electron chi connectivity index (χ0n) is 17.4. The number of ether oxygens (including phenoxy) is 3. The van der Waals surface area contributed by atoms with Crippen LogP contribution in [0, 0.1) is 0 Å². The van der Waals surface area contributed by atoms with Crippen molar-refractivity contribution in [2.24, 2.45) is 0 Å². The molecule has 0 heterocycles. The minimum atomic E-state index is -3.87. The van der Waals surface area contributed by atoms with Crippen LogP contribution < -0.4 is 18.5 Å². The van der Waals surface area contributed by atoms with E-state index in [0.717, 1.165) is 5.56 Å². The first-order chi connectivity index (χ1) is 14.4. The molecule has 0 aliphatic rings. The lowest BCUT2D eigenvalue weighted by atomic mass is 10.1. The van der Waals surface area contributed by atoms with Crippen molar-refractivity contribution in [3.05, 3.63) is 78.4 Å². The van der Waals surface area contributed by atoms with Crippen LogP contribution in [0.25, 0.3) is 0 Å². The summed E-state index contributed by atoms with van der Waals surface area (Å²) in [5.74, 6) is 1.62. The number of hydrogen-bond donors (Lipinski definition) is 0. The Labute approximate surface area is 177 Å². The second kappa shape index (κ2) is 9.09. The Balaban J connectivity index is 2.19. The average Bonchev–Trinajstić information content (AvgIpc) is 2.79. The molecule has 0 radical (unpaired) electrons. The monoisotopic (exact) mass is 427 g/mol. The molecule has 0 spiro atoms. The molecule has 0 amide bonds. The molecular weight excluding hydrogens is 402 g/mol. The van der Waals surface area contributed by atoms with Gasteiger partial charge in [-0.15, -0.1) is 0 Å². The Kier molecular flexibility index (Phi) is 6.52. The summed E-state index contributed by atoms with van der Waals surface area (Å²) in [7, 11) is 0.764. The second-order valence-corrected chi connectivity index (χ2v) is 8.42. The predicted octanol–water partition coefficient (Wildman–Crippen LogP) is 4.67. The zero-order valence-corrected chi connectivity index (χ0v) is 18.2. The van der Waals surface area contributed by atoms with Crippen molar-refractivity contribution in [3.8, 4) is 17.2 Å². The van der Waals surface area contributed by atoms with E-state index in [1.807, 2.05) is 31.2 Å². The third-order valence-corrected chi connectivity index (χ3v) is 6.76. The summed E-state index contributed by atoms with van der Waals surface area (Å²) in [6, 6.07) is 20.3. The van der Waals surface area contributed by atoms with Gasteiger partial charge in [0.1, 0.15) is 5.75 Å². The summed E-state index contributed by atoms with van der Waals surface area (Å²) >= 11 is 0. The maximum absolute atomic E-state index is 13.7. The smallest absolute Gasteiger partial charge is 0.264 e. The third kappa shape index (κ3) is 4.21. The molecule has 0 aromatic heterocycles. The molecule has 1 atom stereocenters. The van der Waals surface area contributed by atoms with Crippen LogP contribution in [0.2, 0.25) is 0 Å². The summed E-state index contributed by atoms with van der Waals surface area (Å²) in [6.07, 6.45) is 0. The van der Waals surface area contributed by atoms with Gasteiger partial charge < -0.3 is 14.2 Å². The minimum absolute atomic E-state index is 0.203. The summed E-state index contributed by atoms with van der Waals surface area (Å²) in [5.41, 5.74) is 1.26. The standard InChI is InChI=1S/C23H25NO5S/c1-17(18-9-8-10-20(15-18)27-2)24(30(25,26)21-11-6-5-7-12-21)19-13-14-22(28-3)23(16-19)29-4/h5-17H,1-4H3/t17-/m0/s1. The number of nitrogens with zero attached hydrogens (tertiary/aromatic N) is 1. The first-order valence-corrected chi connectivity index (χ1v) is 10.8. The number of anilines is 1. The van der Waals surface area contributed by atoms with Crippen LogP contribution in [-0.2, 0) is 10.0 Å². The number of methoxy groups -OCH3 is 3. The van der Waals surface area contributed by atoms with Gasteiger partial charge in [-0.05, 0) is 48.9 Å². The van der Waals surface area contributed by atoms with Crippen LogP contribution in [0.1, 0.15) is 18.5 Å². The van der Waals surface area contributed by atoms with Crippen molar-refractivity contribution in [1.82, 2.24) is 0 Å². The van der Waals surface area contributed by atoms with Crippen LogP contribution in [-0.4, -0.2) is 29.7 Å². The molecular formula is C23H25NO5S. The van der Waals surface area contributed by atoms with E-state index in [4.69, 9.17) is 14.2 Å².